The smallest absolute Gasteiger partial charge is 0.394 e. The lowest BCUT2D eigenvalue weighted by Crippen LogP contribution is -2.34. The third kappa shape index (κ3) is 4.82. The highest BCUT2D eigenvalue weighted by Gasteiger charge is 2.22. The minimum atomic E-state index is -4.67. The number of benzene rings is 1. The van der Waals surface area contributed by atoms with E-state index in [9.17, 15) is 0 Å². The number of hydrogen-bond acceptors (Lipinski definition) is 4. The molecule has 6 nitrogen and oxygen atoms in total. The van der Waals surface area contributed by atoms with Gasteiger partial charge in [0.25, 0.3) is 0 Å². The molecule has 0 radical (unpaired) electrons. The van der Waals surface area contributed by atoms with E-state index in [0.717, 1.165) is 12.1 Å². The van der Waals surface area contributed by atoms with Crippen molar-refractivity contribution >= 4 is 21.4 Å². The topological polar surface area (TPSA) is 99.8 Å². The number of rotatable bonds is 1. The second kappa shape index (κ2) is 6.57. The van der Waals surface area contributed by atoms with Gasteiger partial charge in [-0.2, -0.15) is 8.42 Å². The van der Waals surface area contributed by atoms with Gasteiger partial charge in [-0.3, -0.25) is 9.11 Å². The number of fused-ring (bicyclic) bond motifs is 1. The summed E-state index contributed by atoms with van der Waals surface area (Å²) < 4.78 is 37.2. The lowest BCUT2D eigenvalue weighted by molar-refractivity contribution is 0.380. The largest absolute Gasteiger partial charge is 0.464 e. The molecular weight excluding hydrogens is 294 g/mol. The molecule has 0 spiro atoms. The molecule has 1 aromatic carbocycles. The lowest BCUT2D eigenvalue weighted by atomic mass is 9.87. The van der Waals surface area contributed by atoms with E-state index >= 15 is 0 Å². The molecule has 1 aliphatic heterocycles. The number of para-hydroxylation sites is 1. The van der Waals surface area contributed by atoms with Crippen LogP contribution in [-0.4, -0.2) is 30.1 Å². The van der Waals surface area contributed by atoms with E-state index in [4.69, 9.17) is 21.9 Å². The zero-order valence-electron chi connectivity index (χ0n) is 11.7. The molecule has 21 heavy (non-hydrogen) atoms. The predicted octanol–water partition coefficient (Wildman–Crippen LogP) is 2.64. The van der Waals surface area contributed by atoms with E-state index in [1.54, 1.807) is 0 Å². The van der Waals surface area contributed by atoms with Gasteiger partial charge in [-0.25, -0.2) is 0 Å². The second-order valence-corrected chi connectivity index (χ2v) is 6.11. The van der Waals surface area contributed by atoms with E-state index < -0.39 is 10.4 Å². The lowest BCUT2D eigenvalue weighted by Gasteiger charge is -2.27. The van der Waals surface area contributed by atoms with Crippen molar-refractivity contribution in [1.82, 2.24) is 5.32 Å². The van der Waals surface area contributed by atoms with Gasteiger partial charge in [-0.05, 0) is 38.3 Å². The number of nitrogens with one attached hydrogen (secondary N) is 1. The van der Waals surface area contributed by atoms with Crippen LogP contribution in [0.1, 0.15) is 31.2 Å². The first kappa shape index (κ1) is 16.0. The first-order chi connectivity index (χ1) is 9.84. The maximum Gasteiger partial charge on any atom is 0.394 e. The van der Waals surface area contributed by atoms with Crippen LogP contribution in [0.2, 0.25) is 0 Å². The fraction of sp³-hybridized carbons (Fsp3) is 0.429. The zero-order valence-corrected chi connectivity index (χ0v) is 12.5. The Morgan fingerprint density at radius 3 is 2.62 bits per heavy atom. The van der Waals surface area contributed by atoms with Crippen molar-refractivity contribution in [2.24, 2.45) is 0 Å². The molecule has 1 aliphatic rings. The molecule has 2 atom stereocenters. The van der Waals surface area contributed by atoms with Crippen molar-refractivity contribution in [1.29, 1.82) is 0 Å². The third-order valence-electron chi connectivity index (χ3n) is 3.57. The van der Waals surface area contributed by atoms with Crippen LogP contribution in [-0.2, 0) is 10.4 Å². The second-order valence-electron chi connectivity index (χ2n) is 5.21. The van der Waals surface area contributed by atoms with E-state index in [2.05, 4.69) is 24.4 Å². The summed E-state index contributed by atoms with van der Waals surface area (Å²) in [6, 6.07) is 8.95. The van der Waals surface area contributed by atoms with Crippen LogP contribution < -0.4 is 5.32 Å². The van der Waals surface area contributed by atoms with Gasteiger partial charge in [0.05, 0.1) is 6.26 Å². The molecule has 0 aliphatic carbocycles. The standard InChI is InChI=1S/C14H17NO.H2O4S/c1-10-8-11(6-7-15-10)13-9-16-14-5-3-2-4-12(13)14;1-5(2,3)4/h2-5,9-11,15H,6-8H2,1H3;(H2,1,2,3,4)/t10-,11+;/m1./s1. The molecule has 1 saturated heterocycles. The zero-order chi connectivity index (χ0) is 15.5. The number of piperidine rings is 1. The minimum absolute atomic E-state index is 0.618. The Hall–Kier alpha value is -1.41. The maximum absolute atomic E-state index is 8.74. The quantitative estimate of drug-likeness (QED) is 0.700. The summed E-state index contributed by atoms with van der Waals surface area (Å²) in [5.74, 6) is 0.653. The van der Waals surface area contributed by atoms with Crippen LogP contribution in [0.25, 0.3) is 11.0 Å². The van der Waals surface area contributed by atoms with Crippen LogP contribution in [0, 0.1) is 0 Å². The van der Waals surface area contributed by atoms with Crippen LogP contribution >= 0.6 is 0 Å². The normalized spacial score (nSPS) is 22.6. The van der Waals surface area contributed by atoms with Crippen molar-refractivity contribution < 1.29 is 21.9 Å². The monoisotopic (exact) mass is 313 g/mol. The summed E-state index contributed by atoms with van der Waals surface area (Å²) in [5, 5.41) is 4.78. The first-order valence-corrected chi connectivity index (χ1v) is 8.13. The Bertz CT molecular complexity index is 686. The molecule has 0 bridgehead atoms. The van der Waals surface area contributed by atoms with Crippen molar-refractivity contribution in [3.8, 4) is 0 Å². The van der Waals surface area contributed by atoms with Crippen molar-refractivity contribution in [3.05, 3.63) is 36.1 Å². The molecule has 1 aromatic heterocycles. The summed E-state index contributed by atoms with van der Waals surface area (Å²) in [7, 11) is -4.67. The molecule has 3 N–H and O–H groups in total. The maximum atomic E-state index is 8.74. The summed E-state index contributed by atoms with van der Waals surface area (Å²) in [5.41, 5.74) is 2.41. The number of furan rings is 1. The van der Waals surface area contributed by atoms with Gasteiger partial charge in [-0.1, -0.05) is 18.2 Å². The van der Waals surface area contributed by atoms with E-state index in [1.807, 2.05) is 18.4 Å². The van der Waals surface area contributed by atoms with Crippen molar-refractivity contribution in [3.63, 3.8) is 0 Å². The van der Waals surface area contributed by atoms with Gasteiger partial charge in [-0.15, -0.1) is 0 Å². The molecule has 116 valence electrons. The Morgan fingerprint density at radius 2 is 1.95 bits per heavy atom. The van der Waals surface area contributed by atoms with Crippen LogP contribution in [0.5, 0.6) is 0 Å². The third-order valence-corrected chi connectivity index (χ3v) is 3.57. The van der Waals surface area contributed by atoms with E-state index in [0.29, 0.717) is 12.0 Å². The van der Waals surface area contributed by atoms with Crippen LogP contribution in [0.3, 0.4) is 0 Å². The first-order valence-electron chi connectivity index (χ1n) is 6.74. The minimum Gasteiger partial charge on any atom is -0.464 e. The highest BCUT2D eigenvalue weighted by atomic mass is 32.3. The van der Waals surface area contributed by atoms with Crippen molar-refractivity contribution in [2.75, 3.05) is 6.54 Å². The fourth-order valence-electron chi connectivity index (χ4n) is 2.73. The average Bonchev–Trinajstić information content (AvgIpc) is 2.80. The number of hydrogen-bond donors (Lipinski definition) is 3. The average molecular weight is 313 g/mol. The Kier molecular flexibility index (Phi) is 5.00. The summed E-state index contributed by atoms with van der Waals surface area (Å²) in [6.45, 7) is 3.37. The molecule has 1 fully saturated rings. The van der Waals surface area contributed by atoms with Crippen LogP contribution in [0.15, 0.2) is 34.9 Å². The molecule has 0 amide bonds. The highest BCUT2D eigenvalue weighted by molar-refractivity contribution is 7.79. The molecular formula is C14H19NO5S. The molecule has 0 saturated carbocycles. The molecule has 0 unspecified atom stereocenters. The van der Waals surface area contributed by atoms with E-state index in [-0.39, 0.29) is 0 Å². The van der Waals surface area contributed by atoms with Gasteiger partial charge in [0.2, 0.25) is 0 Å². The van der Waals surface area contributed by atoms with Gasteiger partial charge in [0.1, 0.15) is 5.58 Å². The van der Waals surface area contributed by atoms with Gasteiger partial charge < -0.3 is 9.73 Å². The summed E-state index contributed by atoms with van der Waals surface area (Å²) >= 11 is 0. The Balaban J connectivity index is 0.000000282. The van der Waals surface area contributed by atoms with Gasteiger partial charge in [0, 0.05) is 17.0 Å². The van der Waals surface area contributed by atoms with E-state index in [1.165, 1.54) is 23.8 Å². The highest BCUT2D eigenvalue weighted by Crippen LogP contribution is 2.33. The summed E-state index contributed by atoms with van der Waals surface area (Å²) in [4.78, 5) is 0. The molecule has 2 aromatic rings. The molecule has 2 heterocycles. The molecule has 3 rings (SSSR count). The van der Waals surface area contributed by atoms with Crippen molar-refractivity contribution in [2.45, 2.75) is 31.7 Å². The van der Waals surface area contributed by atoms with Gasteiger partial charge in [0.15, 0.2) is 0 Å². The summed E-state index contributed by atoms with van der Waals surface area (Å²) in [6.07, 6.45) is 4.38. The fourth-order valence-corrected chi connectivity index (χ4v) is 2.73. The molecule has 7 heteroatoms. The van der Waals surface area contributed by atoms with Gasteiger partial charge >= 0.3 is 10.4 Å². The van der Waals surface area contributed by atoms with Crippen LogP contribution in [0.4, 0.5) is 0 Å². The predicted molar refractivity (Wildman–Crippen MR) is 79.8 cm³/mol. The Labute approximate surface area is 123 Å². The Morgan fingerprint density at radius 1 is 1.29 bits per heavy atom. The SMILES string of the molecule is C[C@@H]1C[C@@H](c2coc3ccccc23)CCN1.O=S(=O)(O)O.